The minimum Gasteiger partial charge on any atom is -0.369 e. The molecule has 10 nitrogen and oxygen atoms in total. The molecule has 4 unspecified atom stereocenters. The van der Waals surface area contributed by atoms with Crippen LogP contribution < -0.4 is 10.6 Å². The van der Waals surface area contributed by atoms with Gasteiger partial charge in [-0.1, -0.05) is 0 Å². The summed E-state index contributed by atoms with van der Waals surface area (Å²) in [4.78, 5) is 22.5. The van der Waals surface area contributed by atoms with Crippen LogP contribution in [-0.4, -0.2) is 67.4 Å². The number of urea groups is 2. The largest absolute Gasteiger partial charge is 0.369 e. The summed E-state index contributed by atoms with van der Waals surface area (Å²) in [7, 11) is 0. The van der Waals surface area contributed by atoms with Crippen molar-refractivity contribution in [3.8, 4) is 0 Å². The average Bonchev–Trinajstić information content (AvgIpc) is 2.57. The van der Waals surface area contributed by atoms with E-state index in [4.69, 9.17) is 10.2 Å². The summed E-state index contributed by atoms with van der Waals surface area (Å²) in [6.07, 6.45) is -6.60. The molecule has 0 aromatic carbocycles. The fourth-order valence-corrected chi connectivity index (χ4v) is 1.49. The molecule has 2 aliphatic rings. The summed E-state index contributed by atoms with van der Waals surface area (Å²) in [5.41, 5.74) is 0. The highest BCUT2D eigenvalue weighted by Gasteiger charge is 2.50. The molecule has 2 fully saturated rings. The topological polar surface area (TPSA) is 146 Å². The van der Waals surface area contributed by atoms with Gasteiger partial charge >= 0.3 is 12.1 Å². The first kappa shape index (κ1) is 10.9. The molecule has 10 heteroatoms. The van der Waals surface area contributed by atoms with E-state index in [0.29, 0.717) is 10.0 Å². The number of amides is 4. The maximum atomic E-state index is 11.3. The summed E-state index contributed by atoms with van der Waals surface area (Å²) in [5.74, 6) is 0. The third-order valence-corrected chi connectivity index (χ3v) is 2.26. The molecule has 4 amide bonds. The number of rotatable bonds is 1. The summed E-state index contributed by atoms with van der Waals surface area (Å²) < 4.78 is 0. The monoisotopic (exact) mass is 234 g/mol. The Balaban J connectivity index is 2.24. The fraction of sp³-hybridized carbons (Fsp3) is 0.667. The molecule has 2 aliphatic heterocycles. The van der Waals surface area contributed by atoms with Crippen LogP contribution in [0.25, 0.3) is 0 Å². The smallest absolute Gasteiger partial charge is 0.341 e. The van der Waals surface area contributed by atoms with Gasteiger partial charge in [-0.25, -0.2) is 9.59 Å². The molecule has 0 aromatic heterocycles. The number of hydrazine groups is 1. The molecule has 2 rings (SSSR count). The Hall–Kier alpha value is -1.62. The molecule has 2 saturated heterocycles. The molecule has 2 heterocycles. The van der Waals surface area contributed by atoms with Crippen molar-refractivity contribution in [3.05, 3.63) is 0 Å². The van der Waals surface area contributed by atoms with E-state index in [0.717, 1.165) is 0 Å². The van der Waals surface area contributed by atoms with E-state index in [2.05, 4.69) is 0 Å². The predicted molar refractivity (Wildman–Crippen MR) is 44.8 cm³/mol. The van der Waals surface area contributed by atoms with E-state index < -0.39 is 37.0 Å². The SMILES string of the molecule is O=C1NC(O)C(O)N1N1C(=O)NC(O)C1O. The lowest BCUT2D eigenvalue weighted by molar-refractivity contribution is -0.159. The van der Waals surface area contributed by atoms with E-state index in [1.54, 1.807) is 0 Å². The molecular formula is C6H10N4O6. The second-order valence-corrected chi connectivity index (χ2v) is 3.31. The van der Waals surface area contributed by atoms with E-state index in [1.807, 2.05) is 10.6 Å². The Morgan fingerprint density at radius 3 is 1.31 bits per heavy atom. The highest BCUT2D eigenvalue weighted by Crippen LogP contribution is 2.19. The standard InChI is InChI=1S/C6H10N4O6/c11-1-3(13)9(5(15)7-1)10-4(14)2(12)8-6(10)16/h1-4,11-14H,(H,7,15)(H,8,16). The highest BCUT2D eigenvalue weighted by molar-refractivity contribution is 5.83. The van der Waals surface area contributed by atoms with Crippen LogP contribution in [0.15, 0.2) is 0 Å². The number of carbonyl (C=O) groups excluding carboxylic acids is 2. The first-order valence-corrected chi connectivity index (χ1v) is 4.35. The predicted octanol–water partition coefficient (Wildman–Crippen LogP) is -3.77. The van der Waals surface area contributed by atoms with Crippen molar-refractivity contribution < 1.29 is 30.0 Å². The first-order valence-electron chi connectivity index (χ1n) is 4.35. The van der Waals surface area contributed by atoms with Crippen molar-refractivity contribution in [3.63, 3.8) is 0 Å². The van der Waals surface area contributed by atoms with E-state index >= 15 is 0 Å². The van der Waals surface area contributed by atoms with Gasteiger partial charge in [-0.15, -0.1) is 0 Å². The zero-order valence-corrected chi connectivity index (χ0v) is 7.81. The quantitative estimate of drug-likeness (QED) is 0.274. The van der Waals surface area contributed by atoms with Crippen LogP contribution in [0.2, 0.25) is 0 Å². The van der Waals surface area contributed by atoms with Gasteiger partial charge in [0.1, 0.15) is 0 Å². The van der Waals surface area contributed by atoms with Gasteiger partial charge in [0.15, 0.2) is 24.9 Å². The third kappa shape index (κ3) is 1.36. The molecule has 4 atom stereocenters. The number of hydrogen-bond donors (Lipinski definition) is 6. The van der Waals surface area contributed by atoms with E-state index in [-0.39, 0.29) is 0 Å². The number of nitrogens with one attached hydrogen (secondary N) is 2. The van der Waals surface area contributed by atoms with E-state index in [1.165, 1.54) is 0 Å². The van der Waals surface area contributed by atoms with Gasteiger partial charge in [0.25, 0.3) is 0 Å². The molecule has 0 bridgehead atoms. The average molecular weight is 234 g/mol. The Morgan fingerprint density at radius 1 is 0.812 bits per heavy atom. The van der Waals surface area contributed by atoms with Crippen molar-refractivity contribution in [2.24, 2.45) is 0 Å². The molecule has 0 saturated carbocycles. The molecule has 90 valence electrons. The van der Waals surface area contributed by atoms with Crippen LogP contribution in [0.3, 0.4) is 0 Å². The van der Waals surface area contributed by atoms with Crippen molar-refractivity contribution in [1.29, 1.82) is 0 Å². The molecule has 0 aromatic rings. The van der Waals surface area contributed by atoms with Crippen molar-refractivity contribution in [2.75, 3.05) is 0 Å². The normalized spacial score (nSPS) is 39.0. The van der Waals surface area contributed by atoms with Gasteiger partial charge in [0.2, 0.25) is 0 Å². The minimum atomic E-state index is -1.72. The lowest BCUT2D eigenvalue weighted by atomic mass is 10.5. The zero-order valence-electron chi connectivity index (χ0n) is 7.81. The van der Waals surface area contributed by atoms with Gasteiger partial charge in [0, 0.05) is 0 Å². The Morgan fingerprint density at radius 2 is 1.12 bits per heavy atom. The van der Waals surface area contributed by atoms with Crippen LogP contribution in [-0.2, 0) is 0 Å². The molecular weight excluding hydrogens is 224 g/mol. The molecule has 0 radical (unpaired) electrons. The van der Waals surface area contributed by atoms with Gasteiger partial charge in [0.05, 0.1) is 0 Å². The Labute approximate surface area is 88.6 Å². The second-order valence-electron chi connectivity index (χ2n) is 3.31. The van der Waals surface area contributed by atoms with Crippen molar-refractivity contribution >= 4 is 12.1 Å². The Kier molecular flexibility index (Phi) is 2.35. The number of hydrogen-bond acceptors (Lipinski definition) is 6. The number of aliphatic hydroxyl groups excluding tert-OH is 4. The lowest BCUT2D eigenvalue weighted by Crippen LogP contribution is -2.54. The third-order valence-electron chi connectivity index (χ3n) is 2.26. The maximum Gasteiger partial charge on any atom is 0.341 e. The first-order chi connectivity index (χ1) is 7.43. The number of aliphatic hydroxyl groups is 4. The summed E-state index contributed by atoms with van der Waals surface area (Å²) in [6, 6.07) is -1.94. The van der Waals surface area contributed by atoms with Crippen molar-refractivity contribution in [2.45, 2.75) is 24.9 Å². The summed E-state index contributed by atoms with van der Waals surface area (Å²) in [5, 5.41) is 41.7. The van der Waals surface area contributed by atoms with Gasteiger partial charge in [-0.05, 0) is 0 Å². The molecule has 0 spiro atoms. The van der Waals surface area contributed by atoms with E-state index in [9.17, 15) is 19.8 Å². The summed E-state index contributed by atoms with van der Waals surface area (Å²) >= 11 is 0. The molecule has 16 heavy (non-hydrogen) atoms. The Bertz CT molecular complexity index is 305. The van der Waals surface area contributed by atoms with Crippen LogP contribution in [0.4, 0.5) is 9.59 Å². The van der Waals surface area contributed by atoms with Crippen LogP contribution in [0, 0.1) is 0 Å². The summed E-state index contributed by atoms with van der Waals surface area (Å²) in [6.45, 7) is 0. The van der Waals surface area contributed by atoms with Crippen LogP contribution in [0.5, 0.6) is 0 Å². The molecule has 0 aliphatic carbocycles. The highest BCUT2D eigenvalue weighted by atomic mass is 16.4. The second kappa shape index (κ2) is 3.45. The van der Waals surface area contributed by atoms with Gasteiger partial charge in [-0.3, -0.25) is 0 Å². The fourth-order valence-electron chi connectivity index (χ4n) is 1.49. The van der Waals surface area contributed by atoms with Crippen LogP contribution in [0.1, 0.15) is 0 Å². The van der Waals surface area contributed by atoms with Crippen LogP contribution >= 0.6 is 0 Å². The maximum absolute atomic E-state index is 11.3. The zero-order chi connectivity index (χ0) is 12.0. The van der Waals surface area contributed by atoms with Gasteiger partial charge < -0.3 is 31.1 Å². The van der Waals surface area contributed by atoms with Crippen molar-refractivity contribution in [1.82, 2.24) is 20.7 Å². The van der Waals surface area contributed by atoms with Gasteiger partial charge in [-0.2, -0.15) is 10.0 Å². The molecule has 6 N–H and O–H groups in total. The lowest BCUT2D eigenvalue weighted by Gasteiger charge is -2.30. The minimum absolute atomic E-state index is 0.418. The number of nitrogens with zero attached hydrogens (tertiary/aromatic N) is 2. The number of carbonyl (C=O) groups is 2.